The second-order valence-corrected chi connectivity index (χ2v) is 7.40. The lowest BCUT2D eigenvalue weighted by atomic mass is 10.1. The summed E-state index contributed by atoms with van der Waals surface area (Å²) in [5.74, 6) is 1.91. The number of nitrogens with one attached hydrogen (secondary N) is 1. The third kappa shape index (κ3) is 1.96. The molecule has 19 heavy (non-hydrogen) atoms. The van der Waals surface area contributed by atoms with Crippen molar-refractivity contribution < 1.29 is 8.42 Å². The molecule has 1 N–H and O–H groups in total. The molecule has 1 aliphatic heterocycles. The highest BCUT2D eigenvalue weighted by molar-refractivity contribution is 7.90. The van der Waals surface area contributed by atoms with Crippen molar-refractivity contribution in [3.8, 4) is 0 Å². The van der Waals surface area contributed by atoms with Crippen molar-refractivity contribution in [2.75, 3.05) is 0 Å². The highest BCUT2D eigenvalue weighted by Crippen LogP contribution is 2.46. The number of sulfonamides is 1. The van der Waals surface area contributed by atoms with E-state index in [4.69, 9.17) is 4.99 Å². The highest BCUT2D eigenvalue weighted by atomic mass is 32.2. The second-order valence-electron chi connectivity index (χ2n) is 5.74. The van der Waals surface area contributed by atoms with Crippen LogP contribution in [0.4, 0.5) is 0 Å². The molecule has 5 heteroatoms. The molecule has 1 aromatic carbocycles. The van der Waals surface area contributed by atoms with Gasteiger partial charge in [0.1, 0.15) is 5.84 Å². The molecule has 0 saturated heterocycles. The van der Waals surface area contributed by atoms with Gasteiger partial charge in [0.15, 0.2) is 0 Å². The van der Waals surface area contributed by atoms with E-state index in [-0.39, 0.29) is 0 Å². The molecule has 0 spiro atoms. The van der Waals surface area contributed by atoms with Gasteiger partial charge in [-0.1, -0.05) is 12.1 Å². The molecule has 0 bridgehead atoms. The van der Waals surface area contributed by atoms with E-state index in [2.05, 4.69) is 4.72 Å². The Morgan fingerprint density at radius 1 is 1.11 bits per heavy atom. The Morgan fingerprint density at radius 3 is 2.37 bits per heavy atom. The first kappa shape index (κ1) is 11.5. The zero-order valence-corrected chi connectivity index (χ0v) is 11.4. The zero-order valence-electron chi connectivity index (χ0n) is 10.5. The molecule has 1 aromatic rings. The van der Waals surface area contributed by atoms with Crippen LogP contribution < -0.4 is 4.72 Å². The number of hydrogen-bond acceptors (Lipinski definition) is 3. The lowest BCUT2D eigenvalue weighted by Crippen LogP contribution is -2.25. The lowest BCUT2D eigenvalue weighted by Gasteiger charge is -2.11. The molecule has 4 rings (SSSR count). The maximum atomic E-state index is 12.0. The van der Waals surface area contributed by atoms with Gasteiger partial charge >= 0.3 is 0 Å². The smallest absolute Gasteiger partial charge is 0.263 e. The summed E-state index contributed by atoms with van der Waals surface area (Å²) in [5.41, 5.74) is 0.730. The Morgan fingerprint density at radius 2 is 1.74 bits per heavy atom. The van der Waals surface area contributed by atoms with Gasteiger partial charge in [-0.3, -0.25) is 9.71 Å². The van der Waals surface area contributed by atoms with Gasteiger partial charge in [-0.25, -0.2) is 8.42 Å². The monoisotopic (exact) mass is 276 g/mol. The summed E-state index contributed by atoms with van der Waals surface area (Å²) in [7, 11) is -3.39. The summed E-state index contributed by atoms with van der Waals surface area (Å²) in [6.45, 7) is 0. The standard InChI is InChI=1S/C14H16N2O2S/c17-19(18)12-4-2-1-3-11(12)14(16-19)15-13(9-5-6-9)10-7-8-10/h1-4,9-10,13H,5-8H2,(H,15,16). The second kappa shape index (κ2) is 3.82. The van der Waals surface area contributed by atoms with Crippen LogP contribution in [0.2, 0.25) is 0 Å². The number of fused-ring (bicyclic) bond motifs is 1. The fourth-order valence-corrected chi connectivity index (χ4v) is 4.09. The minimum Gasteiger partial charge on any atom is -0.263 e. The molecule has 3 aliphatic rings. The van der Waals surface area contributed by atoms with Gasteiger partial charge in [-0.2, -0.15) is 0 Å². The van der Waals surface area contributed by atoms with Crippen molar-refractivity contribution in [2.45, 2.75) is 36.6 Å². The van der Waals surface area contributed by atoms with E-state index in [9.17, 15) is 8.42 Å². The number of rotatable bonds is 3. The maximum Gasteiger partial charge on any atom is 0.263 e. The first-order valence-corrected chi connectivity index (χ1v) is 8.33. The van der Waals surface area contributed by atoms with Crippen molar-refractivity contribution in [1.29, 1.82) is 0 Å². The minimum absolute atomic E-state index is 0.323. The summed E-state index contributed by atoms with van der Waals surface area (Å²) >= 11 is 0. The van der Waals surface area contributed by atoms with Crippen LogP contribution in [0, 0.1) is 11.8 Å². The minimum atomic E-state index is -3.39. The van der Waals surface area contributed by atoms with Gasteiger partial charge in [0.05, 0.1) is 10.9 Å². The molecule has 100 valence electrons. The van der Waals surface area contributed by atoms with Crippen LogP contribution in [0.25, 0.3) is 0 Å². The maximum absolute atomic E-state index is 12.0. The third-order valence-electron chi connectivity index (χ3n) is 4.15. The third-order valence-corrected chi connectivity index (χ3v) is 5.55. The summed E-state index contributed by atoms with van der Waals surface area (Å²) in [5, 5.41) is 0. The van der Waals surface area contributed by atoms with Gasteiger partial charge in [-0.05, 0) is 49.7 Å². The molecule has 2 aliphatic carbocycles. The van der Waals surface area contributed by atoms with Crippen molar-refractivity contribution >= 4 is 15.9 Å². The van der Waals surface area contributed by atoms with Gasteiger partial charge in [-0.15, -0.1) is 0 Å². The molecule has 2 saturated carbocycles. The highest BCUT2D eigenvalue weighted by Gasteiger charge is 2.42. The topological polar surface area (TPSA) is 58.5 Å². The Bertz CT molecular complexity index is 646. The SMILES string of the molecule is O=S1(=O)NC(=NC(C2CC2)C2CC2)c2ccccc21. The van der Waals surface area contributed by atoms with E-state index >= 15 is 0 Å². The first-order valence-electron chi connectivity index (χ1n) is 6.85. The fourth-order valence-electron chi connectivity index (χ4n) is 2.85. The van der Waals surface area contributed by atoms with Gasteiger partial charge in [0, 0.05) is 5.56 Å². The molecule has 0 unspecified atom stereocenters. The molecule has 0 aromatic heterocycles. The predicted molar refractivity (Wildman–Crippen MR) is 72.5 cm³/mol. The van der Waals surface area contributed by atoms with Crippen LogP contribution in [-0.4, -0.2) is 20.3 Å². The van der Waals surface area contributed by atoms with Crippen LogP contribution in [-0.2, 0) is 10.0 Å². The van der Waals surface area contributed by atoms with E-state index in [0.717, 1.165) is 5.56 Å². The Labute approximate surface area is 113 Å². The largest absolute Gasteiger partial charge is 0.263 e. The lowest BCUT2D eigenvalue weighted by molar-refractivity contribution is 0.532. The first-order chi connectivity index (χ1) is 9.15. The predicted octanol–water partition coefficient (Wildman–Crippen LogP) is 1.91. The van der Waals surface area contributed by atoms with Crippen molar-refractivity contribution in [2.24, 2.45) is 16.8 Å². The van der Waals surface area contributed by atoms with Crippen LogP contribution in [0.1, 0.15) is 31.2 Å². The molecular formula is C14H16N2O2S. The average molecular weight is 276 g/mol. The number of amidine groups is 1. The fraction of sp³-hybridized carbons (Fsp3) is 0.500. The summed E-state index contributed by atoms with van der Waals surface area (Å²) in [4.78, 5) is 5.12. The van der Waals surface area contributed by atoms with Crippen molar-refractivity contribution in [1.82, 2.24) is 4.72 Å². The van der Waals surface area contributed by atoms with Gasteiger partial charge in [0.2, 0.25) is 0 Å². The van der Waals surface area contributed by atoms with Crippen molar-refractivity contribution in [3.05, 3.63) is 29.8 Å². The Balaban J connectivity index is 1.76. The molecular weight excluding hydrogens is 260 g/mol. The quantitative estimate of drug-likeness (QED) is 0.917. The molecule has 1 heterocycles. The Kier molecular flexibility index (Phi) is 2.31. The summed E-state index contributed by atoms with van der Waals surface area (Å²) in [6.07, 6.45) is 4.97. The van der Waals surface area contributed by atoms with E-state index in [1.165, 1.54) is 25.7 Å². The number of nitrogens with zero attached hydrogens (tertiary/aromatic N) is 1. The zero-order chi connectivity index (χ0) is 13.0. The Hall–Kier alpha value is -1.36. The summed E-state index contributed by atoms with van der Waals surface area (Å²) < 4.78 is 26.7. The van der Waals surface area contributed by atoms with Gasteiger partial charge in [0.25, 0.3) is 10.0 Å². The number of aliphatic imine (C=N–C) groups is 1. The molecule has 2 fully saturated rings. The van der Waals surface area contributed by atoms with Crippen LogP contribution in [0.15, 0.2) is 34.2 Å². The van der Waals surface area contributed by atoms with E-state index < -0.39 is 10.0 Å². The van der Waals surface area contributed by atoms with Crippen molar-refractivity contribution in [3.63, 3.8) is 0 Å². The van der Waals surface area contributed by atoms with Crippen LogP contribution in [0.5, 0.6) is 0 Å². The number of hydrogen-bond donors (Lipinski definition) is 1. The van der Waals surface area contributed by atoms with Crippen LogP contribution >= 0.6 is 0 Å². The van der Waals surface area contributed by atoms with E-state index in [0.29, 0.717) is 28.6 Å². The number of benzene rings is 1. The molecule has 0 radical (unpaired) electrons. The molecule has 0 atom stereocenters. The van der Waals surface area contributed by atoms with E-state index in [1.54, 1.807) is 12.1 Å². The average Bonchev–Trinajstić information content (AvgIpc) is 3.26. The van der Waals surface area contributed by atoms with Crippen LogP contribution in [0.3, 0.4) is 0 Å². The van der Waals surface area contributed by atoms with Gasteiger partial charge < -0.3 is 0 Å². The molecule has 0 amide bonds. The molecule has 4 nitrogen and oxygen atoms in total. The summed E-state index contributed by atoms with van der Waals surface area (Å²) in [6, 6.07) is 7.41. The van der Waals surface area contributed by atoms with E-state index in [1.807, 2.05) is 12.1 Å². The normalized spacial score (nSPS) is 26.5.